The summed E-state index contributed by atoms with van der Waals surface area (Å²) >= 11 is 0.272. The molecule has 17 heavy (non-hydrogen) atoms. The van der Waals surface area contributed by atoms with Crippen LogP contribution in [0.2, 0.25) is 0 Å². The molecule has 0 spiro atoms. The van der Waals surface area contributed by atoms with Gasteiger partial charge in [-0.25, -0.2) is 14.6 Å². The molecule has 0 bridgehead atoms. The molecule has 0 aromatic carbocycles. The van der Waals surface area contributed by atoms with Gasteiger partial charge in [0.25, 0.3) is 0 Å². The number of aromatic nitrogens is 1. The van der Waals surface area contributed by atoms with Gasteiger partial charge in [-0.15, -0.1) is 0 Å². The molecule has 0 saturated heterocycles. The average molecular weight is 269 g/mol. The molecule has 9 heteroatoms. The molecule has 0 amide bonds. The molecule has 1 rings (SSSR count). The summed E-state index contributed by atoms with van der Waals surface area (Å²) in [6.07, 6.45) is -4.84. The van der Waals surface area contributed by atoms with E-state index in [2.05, 4.69) is 14.5 Å². The van der Waals surface area contributed by atoms with Crippen molar-refractivity contribution in [2.75, 3.05) is 14.2 Å². The van der Waals surface area contributed by atoms with Gasteiger partial charge in [0, 0.05) is 0 Å². The van der Waals surface area contributed by atoms with Crippen LogP contribution in [0.1, 0.15) is 25.2 Å². The predicted molar refractivity (Wildman–Crippen MR) is 49.8 cm³/mol. The molecule has 0 N–H and O–H groups in total. The number of rotatable bonds is 2. The maximum absolute atomic E-state index is 12.5. The summed E-state index contributed by atoms with van der Waals surface area (Å²) in [6, 6.07) is 0. The Morgan fingerprint density at radius 1 is 1.18 bits per heavy atom. The lowest BCUT2D eigenvalue weighted by Crippen LogP contribution is -2.13. The minimum Gasteiger partial charge on any atom is -0.465 e. The number of hydrogen-bond acceptors (Lipinski definition) is 6. The van der Waals surface area contributed by atoms with Crippen molar-refractivity contribution in [2.24, 2.45) is 0 Å². The minimum atomic E-state index is -4.84. The number of carbonyl (C=O) groups is 2. The number of thiazole rings is 1. The van der Waals surface area contributed by atoms with E-state index < -0.39 is 33.7 Å². The third-order valence-electron chi connectivity index (χ3n) is 1.63. The van der Waals surface area contributed by atoms with E-state index in [9.17, 15) is 22.8 Å². The van der Waals surface area contributed by atoms with E-state index in [1.807, 2.05) is 0 Å². The van der Waals surface area contributed by atoms with Gasteiger partial charge in [0.15, 0.2) is 5.69 Å². The molecule has 94 valence electrons. The monoisotopic (exact) mass is 269 g/mol. The number of carbonyl (C=O) groups excluding carboxylic acids is 2. The van der Waals surface area contributed by atoms with Crippen molar-refractivity contribution >= 4 is 23.3 Å². The van der Waals surface area contributed by atoms with Crippen molar-refractivity contribution in [3.8, 4) is 0 Å². The zero-order valence-corrected chi connectivity index (χ0v) is 9.44. The molecule has 0 fully saturated rings. The second-order valence-electron chi connectivity index (χ2n) is 2.68. The topological polar surface area (TPSA) is 65.5 Å². The van der Waals surface area contributed by atoms with Crippen LogP contribution in [0.4, 0.5) is 13.2 Å². The molecule has 0 aliphatic heterocycles. The minimum absolute atomic E-state index is 0.272. The van der Waals surface area contributed by atoms with E-state index in [1.165, 1.54) is 0 Å². The molecule has 0 atom stereocenters. The third-order valence-corrected chi connectivity index (χ3v) is 2.64. The van der Waals surface area contributed by atoms with Crippen molar-refractivity contribution in [1.29, 1.82) is 0 Å². The third kappa shape index (κ3) is 2.73. The van der Waals surface area contributed by atoms with E-state index in [0.29, 0.717) is 0 Å². The fourth-order valence-electron chi connectivity index (χ4n) is 0.918. The van der Waals surface area contributed by atoms with Crippen LogP contribution >= 0.6 is 11.3 Å². The Labute approximate surface area is 97.2 Å². The van der Waals surface area contributed by atoms with Crippen LogP contribution in [0.5, 0.6) is 0 Å². The molecular weight excluding hydrogens is 263 g/mol. The molecule has 0 aliphatic rings. The number of methoxy groups -OCH3 is 2. The number of hydrogen-bond donors (Lipinski definition) is 0. The highest BCUT2D eigenvalue weighted by molar-refractivity contribution is 7.15. The quantitative estimate of drug-likeness (QED) is 0.765. The molecule has 5 nitrogen and oxygen atoms in total. The van der Waals surface area contributed by atoms with E-state index in [-0.39, 0.29) is 11.3 Å². The van der Waals surface area contributed by atoms with Crippen LogP contribution in [0.15, 0.2) is 0 Å². The van der Waals surface area contributed by atoms with Crippen LogP contribution in [0, 0.1) is 0 Å². The van der Waals surface area contributed by atoms with Gasteiger partial charge in [0.05, 0.1) is 14.2 Å². The van der Waals surface area contributed by atoms with Crippen molar-refractivity contribution in [2.45, 2.75) is 6.18 Å². The first-order valence-corrected chi connectivity index (χ1v) is 4.87. The zero-order valence-electron chi connectivity index (χ0n) is 8.62. The van der Waals surface area contributed by atoms with Gasteiger partial charge in [-0.3, -0.25) is 0 Å². The van der Waals surface area contributed by atoms with Crippen molar-refractivity contribution in [1.82, 2.24) is 4.98 Å². The summed E-state index contributed by atoms with van der Waals surface area (Å²) in [7, 11) is 1.93. The van der Waals surface area contributed by atoms with Gasteiger partial charge >= 0.3 is 18.1 Å². The Hall–Kier alpha value is -1.64. The van der Waals surface area contributed by atoms with Crippen LogP contribution in [0.3, 0.4) is 0 Å². The van der Waals surface area contributed by atoms with Crippen molar-refractivity contribution < 1.29 is 32.2 Å². The second-order valence-corrected chi connectivity index (χ2v) is 3.68. The highest BCUT2D eigenvalue weighted by Crippen LogP contribution is 2.34. The molecular formula is C8H6F3NO4S. The number of esters is 2. The van der Waals surface area contributed by atoms with Gasteiger partial charge < -0.3 is 9.47 Å². The van der Waals surface area contributed by atoms with Crippen LogP contribution in [-0.2, 0) is 15.7 Å². The summed E-state index contributed by atoms with van der Waals surface area (Å²) in [4.78, 5) is 24.4. The Balaban J connectivity index is 3.31. The first-order chi connectivity index (χ1) is 7.81. The number of nitrogens with zero attached hydrogens (tertiary/aromatic N) is 1. The Morgan fingerprint density at radius 3 is 2.12 bits per heavy atom. The van der Waals surface area contributed by atoms with Gasteiger partial charge in [-0.05, 0) is 0 Å². The summed E-state index contributed by atoms with van der Waals surface area (Å²) < 4.78 is 45.9. The van der Waals surface area contributed by atoms with E-state index in [1.54, 1.807) is 0 Å². The molecule has 1 aromatic heterocycles. The van der Waals surface area contributed by atoms with Gasteiger partial charge in [-0.1, -0.05) is 11.3 Å². The van der Waals surface area contributed by atoms with Gasteiger partial charge in [-0.2, -0.15) is 13.2 Å². The fraction of sp³-hybridized carbons (Fsp3) is 0.375. The summed E-state index contributed by atoms with van der Waals surface area (Å²) in [5.74, 6) is -2.25. The lowest BCUT2D eigenvalue weighted by atomic mass is 10.3. The van der Waals surface area contributed by atoms with E-state index in [4.69, 9.17) is 0 Å². The lowest BCUT2D eigenvalue weighted by Gasteiger charge is -2.03. The molecule has 0 aliphatic carbocycles. The highest BCUT2D eigenvalue weighted by atomic mass is 32.1. The largest absolute Gasteiger partial charge is 0.465 e. The maximum Gasteiger partial charge on any atom is 0.435 e. The highest BCUT2D eigenvalue weighted by Gasteiger charge is 2.41. The number of halogens is 3. The normalized spacial score (nSPS) is 11.1. The van der Waals surface area contributed by atoms with E-state index >= 15 is 0 Å². The summed E-state index contributed by atoms with van der Waals surface area (Å²) in [5.41, 5.74) is -1.45. The van der Waals surface area contributed by atoms with Crippen molar-refractivity contribution in [3.63, 3.8) is 0 Å². The summed E-state index contributed by atoms with van der Waals surface area (Å²) in [5, 5.41) is -0.555. The number of ether oxygens (including phenoxy) is 2. The van der Waals surface area contributed by atoms with E-state index in [0.717, 1.165) is 14.2 Å². The Bertz CT molecular complexity index is 454. The molecule has 0 radical (unpaired) electrons. The maximum atomic E-state index is 12.5. The molecule has 0 saturated carbocycles. The first kappa shape index (κ1) is 13.4. The SMILES string of the molecule is COC(=O)c1nc(C(F)(F)F)c(C(=O)OC)s1. The van der Waals surface area contributed by atoms with Crippen molar-refractivity contribution in [3.05, 3.63) is 15.6 Å². The zero-order chi connectivity index (χ0) is 13.2. The Morgan fingerprint density at radius 2 is 1.71 bits per heavy atom. The predicted octanol–water partition coefficient (Wildman–Crippen LogP) is 1.74. The molecule has 0 unspecified atom stereocenters. The van der Waals surface area contributed by atoms with Gasteiger partial charge in [0.1, 0.15) is 4.88 Å². The summed E-state index contributed by atoms with van der Waals surface area (Å²) in [6.45, 7) is 0. The number of alkyl halides is 3. The molecule has 1 heterocycles. The first-order valence-electron chi connectivity index (χ1n) is 4.06. The standard InChI is InChI=1S/C8H6F3NO4S/c1-15-6(13)3-4(8(9,10)11)12-5(17-3)7(14)16-2/h1-2H3. The smallest absolute Gasteiger partial charge is 0.435 e. The van der Waals surface area contributed by atoms with Crippen LogP contribution in [0.25, 0.3) is 0 Å². The second kappa shape index (κ2) is 4.70. The van der Waals surface area contributed by atoms with Crippen LogP contribution in [-0.4, -0.2) is 31.1 Å². The molecule has 1 aromatic rings. The van der Waals surface area contributed by atoms with Crippen LogP contribution < -0.4 is 0 Å². The lowest BCUT2D eigenvalue weighted by molar-refractivity contribution is -0.141. The Kier molecular flexibility index (Phi) is 3.71. The fourth-order valence-corrected chi connectivity index (χ4v) is 1.84. The average Bonchev–Trinajstić information content (AvgIpc) is 2.71. The van der Waals surface area contributed by atoms with Gasteiger partial charge in [0.2, 0.25) is 5.01 Å².